The van der Waals surface area contributed by atoms with Crippen LogP contribution in [0.25, 0.3) is 0 Å². The first-order chi connectivity index (χ1) is 8.26. The van der Waals surface area contributed by atoms with Crippen LogP contribution in [0.5, 0.6) is 0 Å². The molecule has 0 aromatic carbocycles. The number of ether oxygens (including phenoxy) is 1. The summed E-state index contributed by atoms with van der Waals surface area (Å²) in [6.07, 6.45) is 7.67. The molecule has 4 heteroatoms. The Bertz CT molecular complexity index is 265. The van der Waals surface area contributed by atoms with Gasteiger partial charge in [-0.25, -0.2) is 0 Å². The molecule has 4 nitrogen and oxygen atoms in total. The average molecular weight is 238 g/mol. The summed E-state index contributed by atoms with van der Waals surface area (Å²) in [4.78, 5) is 15.8. The van der Waals surface area contributed by atoms with Crippen LogP contribution < -0.4 is 0 Å². The lowest BCUT2D eigenvalue weighted by molar-refractivity contribution is -0.141. The van der Waals surface area contributed by atoms with E-state index in [9.17, 15) is 4.79 Å². The molecule has 0 aliphatic carbocycles. The maximum Gasteiger partial charge on any atom is 0.306 e. The zero-order chi connectivity index (χ0) is 12.5. The van der Waals surface area contributed by atoms with Crippen molar-refractivity contribution >= 4 is 5.97 Å². The molecular weight excluding hydrogens is 216 g/mol. The van der Waals surface area contributed by atoms with Crippen molar-refractivity contribution < 1.29 is 9.53 Å². The molecule has 1 aliphatic heterocycles. The Balaban J connectivity index is 2.09. The number of nitrogens with zero attached hydrogens (tertiary/aromatic N) is 2. The normalized spacial score (nSPS) is 17.6. The molecule has 0 atom stereocenters. The van der Waals surface area contributed by atoms with Gasteiger partial charge in [0.15, 0.2) is 0 Å². The van der Waals surface area contributed by atoms with Gasteiger partial charge in [-0.15, -0.1) is 12.3 Å². The summed E-state index contributed by atoms with van der Waals surface area (Å²) in [5.74, 6) is 2.54. The zero-order valence-electron chi connectivity index (χ0n) is 10.7. The molecule has 1 heterocycles. The van der Waals surface area contributed by atoms with Gasteiger partial charge in [0.1, 0.15) is 0 Å². The number of hydrogen-bond donors (Lipinski definition) is 0. The summed E-state index contributed by atoms with van der Waals surface area (Å²) in [6.45, 7) is 6.12. The quantitative estimate of drug-likeness (QED) is 0.385. The molecule has 17 heavy (non-hydrogen) atoms. The molecule has 0 bridgehead atoms. The van der Waals surface area contributed by atoms with E-state index in [-0.39, 0.29) is 5.97 Å². The molecule has 0 aromatic rings. The van der Waals surface area contributed by atoms with E-state index in [1.165, 1.54) is 7.11 Å². The molecule has 0 amide bonds. The highest BCUT2D eigenvalue weighted by atomic mass is 16.5. The molecule has 1 rings (SSSR count). The predicted molar refractivity (Wildman–Crippen MR) is 67.6 cm³/mol. The Hall–Kier alpha value is -1.05. The first-order valence-corrected chi connectivity index (χ1v) is 6.21. The number of rotatable bonds is 6. The minimum Gasteiger partial charge on any atom is -0.469 e. The number of carbonyl (C=O) groups excluding carboxylic acids is 1. The third kappa shape index (κ3) is 5.71. The van der Waals surface area contributed by atoms with Crippen LogP contribution in [-0.4, -0.2) is 62.1 Å². The van der Waals surface area contributed by atoms with Crippen molar-refractivity contribution in [3.05, 3.63) is 0 Å². The highest BCUT2D eigenvalue weighted by molar-refractivity contribution is 5.69. The predicted octanol–water partition coefficient (Wildman–Crippen LogP) is 0.581. The lowest BCUT2D eigenvalue weighted by Crippen LogP contribution is -2.47. The molecular formula is C13H22N2O2. The van der Waals surface area contributed by atoms with Crippen LogP contribution in [0, 0.1) is 12.3 Å². The van der Waals surface area contributed by atoms with E-state index < -0.39 is 0 Å². The second kappa shape index (κ2) is 8.10. The zero-order valence-corrected chi connectivity index (χ0v) is 10.7. The second-order valence-electron chi connectivity index (χ2n) is 4.32. The van der Waals surface area contributed by atoms with Crippen LogP contribution in [0.3, 0.4) is 0 Å². The van der Waals surface area contributed by atoms with E-state index in [4.69, 9.17) is 6.42 Å². The van der Waals surface area contributed by atoms with Gasteiger partial charge >= 0.3 is 5.97 Å². The first-order valence-electron chi connectivity index (χ1n) is 6.21. The number of unbranched alkanes of at least 4 members (excludes halogenated alkanes) is 1. The van der Waals surface area contributed by atoms with Gasteiger partial charge in [0.05, 0.1) is 13.5 Å². The average Bonchev–Trinajstić information content (AvgIpc) is 2.37. The highest BCUT2D eigenvalue weighted by Crippen LogP contribution is 2.04. The fraction of sp³-hybridized carbons (Fsp3) is 0.769. The molecule has 0 radical (unpaired) electrons. The van der Waals surface area contributed by atoms with Gasteiger partial charge in [-0.05, 0) is 13.0 Å². The van der Waals surface area contributed by atoms with E-state index >= 15 is 0 Å². The summed E-state index contributed by atoms with van der Waals surface area (Å²) in [5, 5.41) is 0. The van der Waals surface area contributed by atoms with Crippen molar-refractivity contribution in [2.45, 2.75) is 19.3 Å². The Kier molecular flexibility index (Phi) is 6.68. The number of carbonyl (C=O) groups is 1. The van der Waals surface area contributed by atoms with Gasteiger partial charge in [0.25, 0.3) is 0 Å². The summed E-state index contributed by atoms with van der Waals surface area (Å²) >= 11 is 0. The van der Waals surface area contributed by atoms with Crippen LogP contribution in [0.2, 0.25) is 0 Å². The Morgan fingerprint density at radius 1 is 1.24 bits per heavy atom. The van der Waals surface area contributed by atoms with Crippen molar-refractivity contribution in [2.24, 2.45) is 0 Å². The van der Waals surface area contributed by atoms with E-state index in [2.05, 4.69) is 20.5 Å². The Morgan fingerprint density at radius 3 is 2.35 bits per heavy atom. The van der Waals surface area contributed by atoms with Gasteiger partial charge in [-0.1, -0.05) is 0 Å². The third-order valence-electron chi connectivity index (χ3n) is 3.12. The minimum absolute atomic E-state index is 0.124. The molecule has 1 fully saturated rings. The summed E-state index contributed by atoms with van der Waals surface area (Å²) in [6, 6.07) is 0. The molecule has 0 spiro atoms. The summed E-state index contributed by atoms with van der Waals surface area (Å²) < 4.78 is 4.63. The lowest BCUT2D eigenvalue weighted by Gasteiger charge is -2.34. The molecule has 0 saturated carbocycles. The largest absolute Gasteiger partial charge is 0.469 e. The van der Waals surface area contributed by atoms with Crippen LogP contribution >= 0.6 is 0 Å². The fourth-order valence-electron chi connectivity index (χ4n) is 1.99. The van der Waals surface area contributed by atoms with Gasteiger partial charge < -0.3 is 14.5 Å². The minimum atomic E-state index is -0.124. The maximum atomic E-state index is 11.0. The van der Waals surface area contributed by atoms with E-state index in [0.29, 0.717) is 6.42 Å². The van der Waals surface area contributed by atoms with Crippen molar-refractivity contribution in [1.29, 1.82) is 0 Å². The topological polar surface area (TPSA) is 32.8 Å². The molecule has 1 aliphatic rings. The molecule has 0 aromatic heterocycles. The van der Waals surface area contributed by atoms with Gasteiger partial charge in [-0.3, -0.25) is 4.79 Å². The number of methoxy groups -OCH3 is 1. The number of esters is 1. The smallest absolute Gasteiger partial charge is 0.306 e. The van der Waals surface area contributed by atoms with Crippen LogP contribution in [0.1, 0.15) is 19.3 Å². The number of piperazine rings is 1. The molecule has 0 unspecified atom stereocenters. The van der Waals surface area contributed by atoms with E-state index in [0.717, 1.165) is 52.1 Å². The van der Waals surface area contributed by atoms with Crippen LogP contribution in [0.4, 0.5) is 0 Å². The summed E-state index contributed by atoms with van der Waals surface area (Å²) in [5.41, 5.74) is 0. The van der Waals surface area contributed by atoms with Gasteiger partial charge in [-0.2, -0.15) is 0 Å². The summed E-state index contributed by atoms with van der Waals surface area (Å²) in [7, 11) is 1.44. The van der Waals surface area contributed by atoms with Crippen LogP contribution in [0.15, 0.2) is 0 Å². The number of terminal acetylenes is 1. The van der Waals surface area contributed by atoms with Crippen LogP contribution in [-0.2, 0) is 9.53 Å². The Morgan fingerprint density at radius 2 is 1.82 bits per heavy atom. The van der Waals surface area contributed by atoms with Crippen molar-refractivity contribution in [3.63, 3.8) is 0 Å². The number of hydrogen-bond acceptors (Lipinski definition) is 4. The first kappa shape index (κ1) is 14.0. The van der Waals surface area contributed by atoms with Crippen molar-refractivity contribution in [1.82, 2.24) is 9.80 Å². The SMILES string of the molecule is C#CCCCN1CCN(CCC(=O)OC)CC1. The monoisotopic (exact) mass is 238 g/mol. The van der Waals surface area contributed by atoms with Gasteiger partial charge in [0, 0.05) is 39.1 Å². The van der Waals surface area contributed by atoms with Crippen molar-refractivity contribution in [3.8, 4) is 12.3 Å². The third-order valence-corrected chi connectivity index (χ3v) is 3.12. The van der Waals surface area contributed by atoms with Gasteiger partial charge in [0.2, 0.25) is 0 Å². The maximum absolute atomic E-state index is 11.0. The lowest BCUT2D eigenvalue weighted by atomic mass is 10.2. The van der Waals surface area contributed by atoms with E-state index in [1.807, 2.05) is 0 Å². The molecule has 96 valence electrons. The van der Waals surface area contributed by atoms with Crippen molar-refractivity contribution in [2.75, 3.05) is 46.4 Å². The molecule has 0 N–H and O–H groups in total. The standard InChI is InChI=1S/C13H22N2O2/c1-3-4-5-7-14-9-11-15(12-10-14)8-6-13(16)17-2/h1H,4-12H2,2H3. The Labute approximate surface area is 104 Å². The fourth-order valence-corrected chi connectivity index (χ4v) is 1.99. The van der Waals surface area contributed by atoms with E-state index in [1.54, 1.807) is 0 Å². The second-order valence-corrected chi connectivity index (χ2v) is 4.32. The molecule has 1 saturated heterocycles. The highest BCUT2D eigenvalue weighted by Gasteiger charge is 2.16.